The second-order valence-corrected chi connectivity index (χ2v) is 4.83. The van der Waals surface area contributed by atoms with Crippen LogP contribution in [-0.4, -0.2) is 22.4 Å². The van der Waals surface area contributed by atoms with E-state index in [1.165, 1.54) is 13.2 Å². The molecule has 7 heteroatoms. The third kappa shape index (κ3) is 2.65. The van der Waals surface area contributed by atoms with Crippen molar-refractivity contribution in [3.63, 3.8) is 0 Å². The molecule has 0 spiro atoms. The van der Waals surface area contributed by atoms with Gasteiger partial charge in [0.15, 0.2) is 0 Å². The van der Waals surface area contributed by atoms with Crippen molar-refractivity contribution in [1.29, 1.82) is 0 Å². The van der Waals surface area contributed by atoms with Crippen molar-refractivity contribution in [2.75, 3.05) is 7.11 Å². The summed E-state index contributed by atoms with van der Waals surface area (Å²) in [5.74, 6) is -0.208. The Hall–Kier alpha value is -2.83. The zero-order valence-corrected chi connectivity index (χ0v) is 11.9. The first-order valence-corrected chi connectivity index (χ1v) is 6.62. The molecule has 3 rings (SSSR count). The van der Waals surface area contributed by atoms with E-state index in [1.807, 2.05) is 0 Å². The van der Waals surface area contributed by atoms with Gasteiger partial charge >= 0.3 is 6.18 Å². The Kier molecular flexibility index (Phi) is 3.55. The number of halogens is 3. The van der Waals surface area contributed by atoms with Crippen LogP contribution in [0.1, 0.15) is 5.56 Å². The highest BCUT2D eigenvalue weighted by molar-refractivity contribution is 5.97. The van der Waals surface area contributed by atoms with Gasteiger partial charge in [-0.3, -0.25) is 0 Å². The summed E-state index contributed by atoms with van der Waals surface area (Å²) in [6, 6.07) is 9.98. The molecule has 0 fully saturated rings. The maximum absolute atomic E-state index is 12.8. The number of nitrogens with zero attached hydrogens (tertiary/aromatic N) is 2. The van der Waals surface area contributed by atoms with E-state index in [4.69, 9.17) is 4.74 Å². The molecule has 3 aromatic rings. The number of hydrogen-bond donors (Lipinski definition) is 1. The van der Waals surface area contributed by atoms with Gasteiger partial charge in [-0.1, -0.05) is 18.2 Å². The highest BCUT2D eigenvalue weighted by Gasteiger charge is 2.31. The van der Waals surface area contributed by atoms with Gasteiger partial charge in [-0.25, -0.2) is 0 Å². The van der Waals surface area contributed by atoms with Crippen molar-refractivity contribution < 1.29 is 23.0 Å². The number of hydrogen-bond acceptors (Lipinski definition) is 4. The summed E-state index contributed by atoms with van der Waals surface area (Å²) in [5.41, 5.74) is -0.109. The minimum Gasteiger partial charge on any atom is -0.496 e. The standard InChI is InChI=1S/C16H11F3N2O2/c1-23-13-8-9(16(17,18)19)6-7-12(13)14-10-4-2-3-5-11(10)15(22)21-20-14/h2-8H,1H3,(H,21,22). The number of alkyl halides is 3. The molecule has 118 valence electrons. The first kappa shape index (κ1) is 15.1. The van der Waals surface area contributed by atoms with Crippen molar-refractivity contribution in [2.24, 2.45) is 0 Å². The maximum Gasteiger partial charge on any atom is 0.416 e. The summed E-state index contributed by atoms with van der Waals surface area (Å²) in [5, 5.41) is 18.4. The van der Waals surface area contributed by atoms with Crippen LogP contribution in [0.2, 0.25) is 0 Å². The Balaban J connectivity index is 2.25. The van der Waals surface area contributed by atoms with Gasteiger partial charge in [0.1, 0.15) is 11.4 Å². The normalized spacial score (nSPS) is 11.7. The molecule has 1 aromatic heterocycles. The molecule has 1 N–H and O–H groups in total. The van der Waals surface area contributed by atoms with Crippen LogP contribution in [0, 0.1) is 0 Å². The van der Waals surface area contributed by atoms with E-state index in [-0.39, 0.29) is 11.6 Å². The zero-order valence-electron chi connectivity index (χ0n) is 11.9. The third-order valence-corrected chi connectivity index (χ3v) is 3.45. The van der Waals surface area contributed by atoms with Crippen LogP contribution in [0.25, 0.3) is 22.0 Å². The number of rotatable bonds is 2. The van der Waals surface area contributed by atoms with Crippen LogP contribution in [0.15, 0.2) is 42.5 Å². The van der Waals surface area contributed by atoms with Crippen molar-refractivity contribution in [2.45, 2.75) is 6.18 Å². The molecular formula is C16H11F3N2O2. The molecule has 0 amide bonds. The molecule has 0 unspecified atom stereocenters. The predicted octanol–water partition coefficient (Wildman–Crippen LogP) is 4.03. The number of fused-ring (bicyclic) bond motifs is 1. The fourth-order valence-corrected chi connectivity index (χ4v) is 2.35. The second kappa shape index (κ2) is 5.42. The van der Waals surface area contributed by atoms with Crippen LogP contribution >= 0.6 is 0 Å². The largest absolute Gasteiger partial charge is 0.496 e. The monoisotopic (exact) mass is 320 g/mol. The molecule has 0 bridgehead atoms. The molecule has 2 aromatic carbocycles. The average Bonchev–Trinajstić information content (AvgIpc) is 2.54. The zero-order chi connectivity index (χ0) is 16.6. The lowest BCUT2D eigenvalue weighted by Gasteiger charge is -2.13. The van der Waals surface area contributed by atoms with Crippen LogP contribution in [0.4, 0.5) is 13.2 Å². The molecule has 0 atom stereocenters. The van der Waals surface area contributed by atoms with Gasteiger partial charge in [0.2, 0.25) is 5.88 Å². The molecule has 4 nitrogen and oxygen atoms in total. The predicted molar refractivity (Wildman–Crippen MR) is 78.2 cm³/mol. The first-order valence-electron chi connectivity index (χ1n) is 6.62. The second-order valence-electron chi connectivity index (χ2n) is 4.83. The molecule has 1 heterocycles. The maximum atomic E-state index is 12.8. The smallest absolute Gasteiger partial charge is 0.416 e. The van der Waals surface area contributed by atoms with Gasteiger partial charge in [0, 0.05) is 16.3 Å². The van der Waals surface area contributed by atoms with Crippen molar-refractivity contribution in [3.05, 3.63) is 48.0 Å². The van der Waals surface area contributed by atoms with E-state index >= 15 is 0 Å². The van der Waals surface area contributed by atoms with Gasteiger partial charge < -0.3 is 9.84 Å². The van der Waals surface area contributed by atoms with Gasteiger partial charge in [-0.05, 0) is 24.3 Å². The molecule has 0 saturated heterocycles. The van der Waals surface area contributed by atoms with Crippen molar-refractivity contribution >= 4 is 10.8 Å². The lowest BCUT2D eigenvalue weighted by atomic mass is 10.0. The van der Waals surface area contributed by atoms with Crippen LogP contribution in [-0.2, 0) is 6.18 Å². The summed E-state index contributed by atoms with van der Waals surface area (Å²) in [4.78, 5) is 0. The minimum absolute atomic E-state index is 0.0324. The highest BCUT2D eigenvalue weighted by Crippen LogP contribution is 2.39. The Morgan fingerprint density at radius 2 is 1.70 bits per heavy atom. The SMILES string of the molecule is COc1cc(C(F)(F)F)ccc1-c1nnc(O)c2ccccc12. The fourth-order valence-electron chi connectivity index (χ4n) is 2.35. The van der Waals surface area contributed by atoms with E-state index in [0.717, 1.165) is 12.1 Å². The van der Waals surface area contributed by atoms with Gasteiger partial charge in [0.25, 0.3) is 0 Å². The molecule has 0 radical (unpaired) electrons. The first-order chi connectivity index (χ1) is 10.9. The lowest BCUT2D eigenvalue weighted by molar-refractivity contribution is -0.137. The molecule has 0 aliphatic heterocycles. The topological polar surface area (TPSA) is 55.2 Å². The summed E-state index contributed by atoms with van der Waals surface area (Å²) < 4.78 is 43.6. The number of aromatic nitrogens is 2. The Bertz CT molecular complexity index is 879. The van der Waals surface area contributed by atoms with E-state index in [2.05, 4.69) is 10.2 Å². The van der Waals surface area contributed by atoms with Crippen LogP contribution in [0.3, 0.4) is 0 Å². The lowest BCUT2D eigenvalue weighted by Crippen LogP contribution is -2.05. The minimum atomic E-state index is -4.46. The molecular weight excluding hydrogens is 309 g/mol. The summed E-state index contributed by atoms with van der Waals surface area (Å²) in [7, 11) is 1.29. The van der Waals surface area contributed by atoms with E-state index in [0.29, 0.717) is 22.0 Å². The number of ether oxygens (including phenoxy) is 1. The molecule has 23 heavy (non-hydrogen) atoms. The van der Waals surface area contributed by atoms with Crippen molar-refractivity contribution in [1.82, 2.24) is 10.2 Å². The number of benzene rings is 2. The summed E-state index contributed by atoms with van der Waals surface area (Å²) >= 11 is 0. The fraction of sp³-hybridized carbons (Fsp3) is 0.125. The number of aromatic hydroxyl groups is 1. The molecule has 0 aliphatic rings. The average molecular weight is 320 g/mol. The van der Waals surface area contributed by atoms with E-state index < -0.39 is 11.7 Å². The molecule has 0 saturated carbocycles. The molecule has 0 aliphatic carbocycles. The Labute approximate surface area is 129 Å². The van der Waals surface area contributed by atoms with Gasteiger partial charge in [-0.2, -0.15) is 13.2 Å². The highest BCUT2D eigenvalue weighted by atomic mass is 19.4. The van der Waals surface area contributed by atoms with Gasteiger partial charge in [-0.15, -0.1) is 10.2 Å². The quantitative estimate of drug-likeness (QED) is 0.774. The third-order valence-electron chi connectivity index (χ3n) is 3.45. The Morgan fingerprint density at radius 1 is 1.00 bits per heavy atom. The van der Waals surface area contributed by atoms with E-state index in [1.54, 1.807) is 24.3 Å². The van der Waals surface area contributed by atoms with Crippen LogP contribution < -0.4 is 4.74 Å². The summed E-state index contributed by atoms with van der Waals surface area (Å²) in [6.45, 7) is 0. The van der Waals surface area contributed by atoms with Crippen molar-refractivity contribution in [3.8, 4) is 22.9 Å². The van der Waals surface area contributed by atoms with Crippen LogP contribution in [0.5, 0.6) is 11.6 Å². The van der Waals surface area contributed by atoms with Gasteiger partial charge in [0.05, 0.1) is 12.7 Å². The number of methoxy groups -OCH3 is 1. The van der Waals surface area contributed by atoms with E-state index in [9.17, 15) is 18.3 Å². The summed E-state index contributed by atoms with van der Waals surface area (Å²) in [6.07, 6.45) is -4.46. The Morgan fingerprint density at radius 3 is 2.35 bits per heavy atom.